The zero-order valence-corrected chi connectivity index (χ0v) is 25.5. The minimum atomic E-state index is -0.489. The molecule has 2 amide bonds. The van der Waals surface area contributed by atoms with Crippen LogP contribution < -0.4 is 5.32 Å². The highest BCUT2D eigenvalue weighted by Crippen LogP contribution is 2.50. The van der Waals surface area contributed by atoms with Crippen molar-refractivity contribution in [1.82, 2.24) is 10.3 Å². The van der Waals surface area contributed by atoms with Crippen LogP contribution in [0.25, 0.3) is 0 Å². The van der Waals surface area contributed by atoms with Crippen LogP contribution in [0.5, 0.6) is 0 Å². The molecule has 0 aromatic heterocycles. The summed E-state index contributed by atoms with van der Waals surface area (Å²) in [7, 11) is 0. The van der Waals surface area contributed by atoms with E-state index in [2.05, 4.69) is 10.4 Å². The van der Waals surface area contributed by atoms with Crippen LogP contribution in [0.2, 0.25) is 0 Å². The number of esters is 1. The lowest BCUT2D eigenvalue weighted by molar-refractivity contribution is -0.161. The number of hydrazone groups is 1. The molecule has 2 aromatic rings. The zero-order chi connectivity index (χ0) is 30.5. The van der Waals surface area contributed by atoms with Crippen molar-refractivity contribution in [3.05, 3.63) is 83.4 Å². The summed E-state index contributed by atoms with van der Waals surface area (Å²) in [4.78, 5) is 38.6. The van der Waals surface area contributed by atoms with E-state index in [0.717, 1.165) is 55.2 Å². The van der Waals surface area contributed by atoms with Gasteiger partial charge in [0.2, 0.25) is 11.8 Å². The van der Waals surface area contributed by atoms with Crippen LogP contribution >= 0.6 is 0 Å². The summed E-state index contributed by atoms with van der Waals surface area (Å²) in [6.07, 6.45) is 10.6. The van der Waals surface area contributed by atoms with E-state index in [1.165, 1.54) is 5.01 Å². The fourth-order valence-corrected chi connectivity index (χ4v) is 5.87. The van der Waals surface area contributed by atoms with Crippen LogP contribution in [-0.4, -0.2) is 47.4 Å². The number of nitrogens with one attached hydrogen (secondary N) is 1. The number of hydrogen-bond acceptors (Lipinski definition) is 6. The third-order valence-corrected chi connectivity index (χ3v) is 8.43. The molecule has 1 unspecified atom stereocenters. The molecule has 8 heteroatoms. The van der Waals surface area contributed by atoms with E-state index in [1.807, 2.05) is 87.5 Å². The van der Waals surface area contributed by atoms with Gasteiger partial charge < -0.3 is 14.8 Å². The van der Waals surface area contributed by atoms with Crippen molar-refractivity contribution in [3.8, 4) is 0 Å². The Kier molecular flexibility index (Phi) is 9.33. The standard InChI is InChI=1S/C35H43N3O5/c1-34(2,3)43-33(41)35(20-21-35)19-9-10-22-36-31(40)30(26-11-7-8-12-26)27-17-15-25(16-18-27)23-38-29(39)24-42-32(37-38)28-13-5-4-6-14-28/h4-6,9-10,13-18,26,30H,7-8,11-12,19-24H2,1-3H3,(H,36,40). The highest BCUT2D eigenvalue weighted by atomic mass is 16.6. The second kappa shape index (κ2) is 13.1. The number of hydrogen-bond donors (Lipinski definition) is 1. The molecule has 2 saturated carbocycles. The van der Waals surface area contributed by atoms with Gasteiger partial charge in [-0.25, -0.2) is 5.01 Å². The van der Waals surface area contributed by atoms with E-state index in [1.54, 1.807) is 0 Å². The Morgan fingerprint density at radius 2 is 1.77 bits per heavy atom. The van der Waals surface area contributed by atoms with Gasteiger partial charge in [-0.05, 0) is 82.1 Å². The lowest BCUT2D eigenvalue weighted by Crippen LogP contribution is -2.36. The van der Waals surface area contributed by atoms with Crippen molar-refractivity contribution in [3.63, 3.8) is 0 Å². The average Bonchev–Trinajstić information content (AvgIpc) is 3.59. The first-order valence-electron chi connectivity index (χ1n) is 15.5. The van der Waals surface area contributed by atoms with Crippen molar-refractivity contribution in [2.24, 2.45) is 16.4 Å². The molecule has 0 bridgehead atoms. The molecule has 43 heavy (non-hydrogen) atoms. The van der Waals surface area contributed by atoms with Crippen LogP contribution in [-0.2, 0) is 30.4 Å². The first-order chi connectivity index (χ1) is 20.6. The second-order valence-electron chi connectivity index (χ2n) is 13.0. The maximum Gasteiger partial charge on any atom is 0.312 e. The molecule has 0 spiro atoms. The fraction of sp³-hybridized carbons (Fsp3) is 0.486. The molecule has 5 rings (SSSR count). The number of allylic oxidation sites excluding steroid dienone is 1. The molecular weight excluding hydrogens is 542 g/mol. The molecule has 0 radical (unpaired) electrons. The van der Waals surface area contributed by atoms with Gasteiger partial charge in [0.25, 0.3) is 5.91 Å². The Hall–Kier alpha value is -3.94. The molecule has 2 aromatic carbocycles. The quantitative estimate of drug-likeness (QED) is 0.263. The second-order valence-corrected chi connectivity index (χ2v) is 13.0. The number of nitrogens with zero attached hydrogens (tertiary/aromatic N) is 2. The topological polar surface area (TPSA) is 97.3 Å². The summed E-state index contributed by atoms with van der Waals surface area (Å²) < 4.78 is 11.2. The van der Waals surface area contributed by atoms with Crippen LogP contribution in [0.4, 0.5) is 0 Å². The Morgan fingerprint density at radius 3 is 2.42 bits per heavy atom. The Labute approximate surface area is 254 Å². The van der Waals surface area contributed by atoms with Crippen LogP contribution in [0, 0.1) is 11.3 Å². The van der Waals surface area contributed by atoms with Crippen LogP contribution in [0.1, 0.15) is 88.3 Å². The van der Waals surface area contributed by atoms with Crippen molar-refractivity contribution in [1.29, 1.82) is 0 Å². The van der Waals surface area contributed by atoms with Crippen molar-refractivity contribution < 1.29 is 23.9 Å². The Bertz CT molecular complexity index is 1350. The SMILES string of the molecule is CC(C)(C)OC(=O)C1(CC=CCNC(=O)C(c2ccc(CN3N=C(c4ccccc4)OCC3=O)cc2)C2CCCC2)CC1. The first-order valence-corrected chi connectivity index (χ1v) is 15.5. The van der Waals surface area contributed by atoms with Crippen LogP contribution in [0.15, 0.2) is 71.9 Å². The lowest BCUT2D eigenvalue weighted by Gasteiger charge is -2.25. The van der Waals surface area contributed by atoms with Gasteiger partial charge in [-0.1, -0.05) is 67.5 Å². The number of ether oxygens (including phenoxy) is 2. The molecule has 2 aliphatic carbocycles. The molecule has 1 heterocycles. The molecule has 0 saturated heterocycles. The number of carbonyl (C=O) groups is 3. The largest absolute Gasteiger partial charge is 0.466 e. The number of carbonyl (C=O) groups excluding carboxylic acids is 3. The molecule has 3 aliphatic rings. The van der Waals surface area contributed by atoms with Gasteiger partial charge in [-0.3, -0.25) is 14.4 Å². The molecule has 2 fully saturated rings. The first kappa shape index (κ1) is 30.5. The summed E-state index contributed by atoms with van der Waals surface area (Å²) in [6, 6.07) is 17.5. The predicted molar refractivity (Wildman–Crippen MR) is 165 cm³/mol. The van der Waals surface area contributed by atoms with Gasteiger partial charge in [0.1, 0.15) is 5.60 Å². The smallest absolute Gasteiger partial charge is 0.312 e. The third-order valence-electron chi connectivity index (χ3n) is 8.43. The maximum absolute atomic E-state index is 13.5. The number of rotatable bonds is 11. The lowest BCUT2D eigenvalue weighted by atomic mass is 9.83. The average molecular weight is 586 g/mol. The molecule has 1 atom stereocenters. The number of amides is 2. The van der Waals surface area contributed by atoms with Gasteiger partial charge >= 0.3 is 5.97 Å². The van der Waals surface area contributed by atoms with Gasteiger partial charge in [0, 0.05) is 12.1 Å². The van der Waals surface area contributed by atoms with Crippen molar-refractivity contribution in [2.75, 3.05) is 13.2 Å². The normalized spacial score (nSPS) is 19.1. The zero-order valence-electron chi connectivity index (χ0n) is 25.5. The van der Waals surface area contributed by atoms with E-state index in [-0.39, 0.29) is 30.3 Å². The number of benzene rings is 2. The monoisotopic (exact) mass is 585 g/mol. The summed E-state index contributed by atoms with van der Waals surface area (Å²) in [5.74, 6) is 0.211. The van der Waals surface area contributed by atoms with Gasteiger partial charge in [-0.15, -0.1) is 5.10 Å². The summed E-state index contributed by atoms with van der Waals surface area (Å²) in [5, 5.41) is 9.01. The summed E-state index contributed by atoms with van der Waals surface area (Å²) >= 11 is 0. The highest BCUT2D eigenvalue weighted by Gasteiger charge is 2.51. The fourth-order valence-electron chi connectivity index (χ4n) is 5.87. The van der Waals surface area contributed by atoms with Gasteiger partial charge in [-0.2, -0.15) is 0 Å². The molecule has 228 valence electrons. The van der Waals surface area contributed by atoms with E-state index >= 15 is 0 Å². The Morgan fingerprint density at radius 1 is 1.07 bits per heavy atom. The molecule has 1 N–H and O–H groups in total. The maximum atomic E-state index is 13.5. The highest BCUT2D eigenvalue weighted by molar-refractivity contribution is 5.97. The van der Waals surface area contributed by atoms with E-state index in [0.29, 0.717) is 31.3 Å². The van der Waals surface area contributed by atoms with E-state index in [4.69, 9.17) is 9.47 Å². The predicted octanol–water partition coefficient (Wildman–Crippen LogP) is 5.87. The molecular formula is C35H43N3O5. The molecule has 8 nitrogen and oxygen atoms in total. The minimum absolute atomic E-state index is 0.0260. The van der Waals surface area contributed by atoms with Crippen LogP contribution in [0.3, 0.4) is 0 Å². The van der Waals surface area contributed by atoms with Gasteiger partial charge in [0.05, 0.1) is 17.9 Å². The molecule has 1 aliphatic heterocycles. The van der Waals surface area contributed by atoms with E-state index in [9.17, 15) is 14.4 Å². The summed E-state index contributed by atoms with van der Waals surface area (Å²) in [6.45, 7) is 6.37. The van der Waals surface area contributed by atoms with Crippen molar-refractivity contribution in [2.45, 2.75) is 83.8 Å². The van der Waals surface area contributed by atoms with Gasteiger partial charge in [0.15, 0.2) is 6.61 Å². The third kappa shape index (κ3) is 7.92. The minimum Gasteiger partial charge on any atom is -0.466 e. The van der Waals surface area contributed by atoms with E-state index < -0.39 is 11.0 Å². The Balaban J connectivity index is 1.19. The van der Waals surface area contributed by atoms with Crippen molar-refractivity contribution >= 4 is 23.7 Å². The summed E-state index contributed by atoms with van der Waals surface area (Å²) in [5.41, 5.74) is 1.86.